The fraction of sp³-hybridized carbons (Fsp3) is 0.667. The van der Waals surface area contributed by atoms with E-state index in [0.29, 0.717) is 0 Å². The standard InChI is InChI=1S/C6H12.Mg.2H/c1-3-5-6-4-2;;;/h3H,1,4-6H2,2H3;;;/q;+2;2*-1. The molecule has 0 aromatic heterocycles. The molecule has 0 bridgehead atoms. The number of hydrogen-bond acceptors (Lipinski definition) is 0. The zero-order valence-corrected chi connectivity index (χ0v) is 6.53. The molecule has 0 aliphatic heterocycles. The van der Waals surface area contributed by atoms with Crippen molar-refractivity contribution < 1.29 is 2.85 Å². The molecule has 0 aromatic rings. The summed E-state index contributed by atoms with van der Waals surface area (Å²) in [6, 6.07) is 0. The topological polar surface area (TPSA) is 0 Å². The van der Waals surface area contributed by atoms with Crippen LogP contribution in [0, 0.1) is 0 Å². The van der Waals surface area contributed by atoms with E-state index in [9.17, 15) is 0 Å². The SMILES string of the molecule is C=CCCCC.[H-].[H-].[Mg+2]. The predicted molar refractivity (Wildman–Crippen MR) is 37.7 cm³/mol. The Labute approximate surface area is 65.1 Å². The molecule has 0 saturated heterocycles. The Balaban J connectivity index is -0.0000000417. The maximum Gasteiger partial charge on any atom is 2.00 e. The summed E-state index contributed by atoms with van der Waals surface area (Å²) in [6.45, 7) is 5.78. The van der Waals surface area contributed by atoms with Gasteiger partial charge < -0.3 is 2.85 Å². The first-order valence-electron chi connectivity index (χ1n) is 2.52. The largest absolute Gasteiger partial charge is 2.00 e. The van der Waals surface area contributed by atoms with Gasteiger partial charge in [-0.3, -0.25) is 0 Å². The van der Waals surface area contributed by atoms with Crippen molar-refractivity contribution >= 4 is 23.1 Å². The van der Waals surface area contributed by atoms with Gasteiger partial charge in [0.2, 0.25) is 0 Å². The van der Waals surface area contributed by atoms with Gasteiger partial charge in [-0.15, -0.1) is 6.58 Å². The summed E-state index contributed by atoms with van der Waals surface area (Å²) in [6.07, 6.45) is 5.72. The second-order valence-corrected chi connectivity index (χ2v) is 1.43. The first-order chi connectivity index (χ1) is 2.91. The number of hydrogen-bond donors (Lipinski definition) is 0. The molecule has 0 nitrogen and oxygen atoms in total. The van der Waals surface area contributed by atoms with E-state index in [1.54, 1.807) is 0 Å². The molecule has 1 heteroatoms. The van der Waals surface area contributed by atoms with Gasteiger partial charge in [-0.1, -0.05) is 25.8 Å². The van der Waals surface area contributed by atoms with Gasteiger partial charge in [0.05, 0.1) is 0 Å². The van der Waals surface area contributed by atoms with E-state index < -0.39 is 0 Å². The quantitative estimate of drug-likeness (QED) is 0.297. The summed E-state index contributed by atoms with van der Waals surface area (Å²) in [4.78, 5) is 0. The molecule has 40 valence electrons. The van der Waals surface area contributed by atoms with E-state index in [1.165, 1.54) is 19.3 Å². The van der Waals surface area contributed by atoms with Gasteiger partial charge in [-0.05, 0) is 6.42 Å². The normalized spacial score (nSPS) is 7.00. The van der Waals surface area contributed by atoms with E-state index >= 15 is 0 Å². The van der Waals surface area contributed by atoms with Gasteiger partial charge in [0.15, 0.2) is 0 Å². The van der Waals surface area contributed by atoms with Crippen LogP contribution in [0.2, 0.25) is 0 Å². The third kappa shape index (κ3) is 10.7. The van der Waals surface area contributed by atoms with Crippen molar-refractivity contribution in [2.75, 3.05) is 0 Å². The summed E-state index contributed by atoms with van der Waals surface area (Å²) in [5, 5.41) is 0. The summed E-state index contributed by atoms with van der Waals surface area (Å²) in [5.41, 5.74) is 0. The van der Waals surface area contributed by atoms with Crippen molar-refractivity contribution in [2.45, 2.75) is 26.2 Å². The Kier molecular flexibility index (Phi) is 14.5. The second-order valence-electron chi connectivity index (χ2n) is 1.43. The van der Waals surface area contributed by atoms with Crippen LogP contribution in [0.1, 0.15) is 29.0 Å². The smallest absolute Gasteiger partial charge is 1.00 e. The molecular formula is C6H14Mg. The van der Waals surface area contributed by atoms with Crippen molar-refractivity contribution in [3.05, 3.63) is 12.7 Å². The summed E-state index contributed by atoms with van der Waals surface area (Å²) >= 11 is 0. The minimum absolute atomic E-state index is 0. The molecule has 0 amide bonds. The minimum Gasteiger partial charge on any atom is -1.00 e. The van der Waals surface area contributed by atoms with Gasteiger partial charge in [0.25, 0.3) is 0 Å². The van der Waals surface area contributed by atoms with Gasteiger partial charge in [0, 0.05) is 0 Å². The van der Waals surface area contributed by atoms with Gasteiger partial charge >= 0.3 is 23.1 Å². The van der Waals surface area contributed by atoms with Gasteiger partial charge in [-0.25, -0.2) is 0 Å². The fourth-order valence-electron chi connectivity index (χ4n) is 0.348. The van der Waals surface area contributed by atoms with Gasteiger partial charge in [0.1, 0.15) is 0 Å². The van der Waals surface area contributed by atoms with E-state index in [-0.39, 0.29) is 25.9 Å². The van der Waals surface area contributed by atoms with Crippen LogP contribution in [0.3, 0.4) is 0 Å². The van der Waals surface area contributed by atoms with Crippen molar-refractivity contribution in [2.24, 2.45) is 0 Å². The minimum atomic E-state index is 0. The first-order valence-corrected chi connectivity index (χ1v) is 2.52. The molecule has 0 N–H and O–H groups in total. The number of rotatable bonds is 3. The molecule has 0 saturated carbocycles. The zero-order chi connectivity index (χ0) is 4.83. The van der Waals surface area contributed by atoms with Gasteiger partial charge in [-0.2, -0.15) is 0 Å². The van der Waals surface area contributed by atoms with Crippen LogP contribution in [0.5, 0.6) is 0 Å². The fourth-order valence-corrected chi connectivity index (χ4v) is 0.348. The first kappa shape index (κ1) is 10.5. The Hall–Kier alpha value is 0.506. The van der Waals surface area contributed by atoms with Crippen molar-refractivity contribution in [1.29, 1.82) is 0 Å². The average Bonchev–Trinajstić information content (AvgIpc) is 1.61. The number of allylic oxidation sites excluding steroid dienone is 1. The maximum atomic E-state index is 3.60. The Morgan fingerprint density at radius 1 is 1.71 bits per heavy atom. The van der Waals surface area contributed by atoms with Crippen molar-refractivity contribution in [3.63, 3.8) is 0 Å². The van der Waals surface area contributed by atoms with E-state index in [0.717, 1.165) is 0 Å². The van der Waals surface area contributed by atoms with Crippen LogP contribution in [0.15, 0.2) is 12.7 Å². The molecule has 0 aromatic carbocycles. The summed E-state index contributed by atoms with van der Waals surface area (Å²) < 4.78 is 0. The molecule has 0 rings (SSSR count). The summed E-state index contributed by atoms with van der Waals surface area (Å²) in [7, 11) is 0. The molecule has 0 atom stereocenters. The maximum absolute atomic E-state index is 3.60. The molecular weight excluding hydrogens is 96.4 g/mol. The van der Waals surface area contributed by atoms with E-state index in [2.05, 4.69) is 13.5 Å². The van der Waals surface area contributed by atoms with Crippen LogP contribution in [0.25, 0.3) is 0 Å². The van der Waals surface area contributed by atoms with Crippen LogP contribution in [-0.4, -0.2) is 23.1 Å². The molecule has 0 fully saturated rings. The van der Waals surface area contributed by atoms with E-state index in [4.69, 9.17) is 0 Å². The Morgan fingerprint density at radius 2 is 2.29 bits per heavy atom. The molecule has 0 unspecified atom stereocenters. The van der Waals surface area contributed by atoms with Crippen molar-refractivity contribution in [1.82, 2.24) is 0 Å². The van der Waals surface area contributed by atoms with Crippen molar-refractivity contribution in [3.8, 4) is 0 Å². The van der Waals surface area contributed by atoms with E-state index in [1.807, 2.05) is 6.08 Å². The monoisotopic (exact) mass is 110 g/mol. The third-order valence-corrected chi connectivity index (χ3v) is 0.762. The summed E-state index contributed by atoms with van der Waals surface area (Å²) in [5.74, 6) is 0. The van der Waals surface area contributed by atoms with Crippen LogP contribution >= 0.6 is 0 Å². The molecule has 0 aliphatic carbocycles. The molecule has 0 heterocycles. The zero-order valence-electron chi connectivity index (χ0n) is 7.11. The third-order valence-electron chi connectivity index (χ3n) is 0.762. The van der Waals surface area contributed by atoms with Crippen LogP contribution < -0.4 is 0 Å². The Bertz CT molecular complexity index is 40.0. The molecule has 0 radical (unpaired) electrons. The second kappa shape index (κ2) is 9.71. The number of unbranched alkanes of at least 4 members (excludes halogenated alkanes) is 2. The van der Waals surface area contributed by atoms with Crippen LogP contribution in [-0.2, 0) is 0 Å². The average molecular weight is 110 g/mol. The molecule has 0 spiro atoms. The Morgan fingerprint density at radius 3 is 2.43 bits per heavy atom. The molecule has 7 heavy (non-hydrogen) atoms. The predicted octanol–water partition coefficient (Wildman–Crippen LogP) is 2.21. The molecule has 0 aliphatic rings. The van der Waals surface area contributed by atoms with Crippen LogP contribution in [0.4, 0.5) is 0 Å².